The lowest BCUT2D eigenvalue weighted by molar-refractivity contribution is 0.0811. The molecule has 1 rings (SSSR count). The quantitative estimate of drug-likeness (QED) is 0.653. The summed E-state index contributed by atoms with van der Waals surface area (Å²) in [6.45, 7) is 0.190. The van der Waals surface area contributed by atoms with Gasteiger partial charge in [-0.1, -0.05) is 5.92 Å². The summed E-state index contributed by atoms with van der Waals surface area (Å²) in [7, 11) is 1.55. The molecule has 0 N–H and O–H groups in total. The maximum Gasteiger partial charge on any atom is 0.256 e. The number of terminal acetylenes is 1. The van der Waals surface area contributed by atoms with Crippen molar-refractivity contribution in [1.82, 2.24) is 9.88 Å². The van der Waals surface area contributed by atoms with E-state index in [9.17, 15) is 9.18 Å². The van der Waals surface area contributed by atoms with Crippen LogP contribution in [0.3, 0.4) is 0 Å². The number of nitrogens with zero attached hydrogens (tertiary/aromatic N) is 2. The van der Waals surface area contributed by atoms with Gasteiger partial charge in [-0.05, 0) is 6.07 Å². The van der Waals surface area contributed by atoms with Crippen molar-refractivity contribution >= 4 is 5.91 Å². The van der Waals surface area contributed by atoms with E-state index in [1.54, 1.807) is 7.05 Å². The summed E-state index contributed by atoms with van der Waals surface area (Å²) < 4.78 is 12.7. The van der Waals surface area contributed by atoms with Crippen molar-refractivity contribution in [2.75, 3.05) is 13.6 Å². The predicted molar refractivity (Wildman–Crippen MR) is 50.0 cm³/mol. The summed E-state index contributed by atoms with van der Waals surface area (Å²) in [6.07, 6.45) is 7.39. The van der Waals surface area contributed by atoms with Crippen LogP contribution in [-0.4, -0.2) is 29.4 Å². The van der Waals surface area contributed by atoms with Crippen molar-refractivity contribution in [3.8, 4) is 12.3 Å². The number of rotatable bonds is 2. The number of pyridine rings is 1. The van der Waals surface area contributed by atoms with Gasteiger partial charge in [-0.25, -0.2) is 4.39 Å². The fraction of sp³-hybridized carbons (Fsp3) is 0.200. The van der Waals surface area contributed by atoms with Crippen LogP contribution >= 0.6 is 0 Å². The third-order valence-corrected chi connectivity index (χ3v) is 1.63. The van der Waals surface area contributed by atoms with Gasteiger partial charge in [-0.15, -0.1) is 6.42 Å². The number of carbonyl (C=O) groups excluding carboxylic acids is 1. The van der Waals surface area contributed by atoms with E-state index in [-0.39, 0.29) is 18.0 Å². The predicted octanol–water partition coefficient (Wildman–Crippen LogP) is 0.926. The Kier molecular flexibility index (Phi) is 3.19. The lowest BCUT2D eigenvalue weighted by atomic mass is 10.2. The molecule has 1 aromatic heterocycles. The van der Waals surface area contributed by atoms with Crippen molar-refractivity contribution < 1.29 is 9.18 Å². The Balaban J connectivity index is 2.85. The van der Waals surface area contributed by atoms with Crippen LogP contribution in [0.2, 0.25) is 0 Å². The molecule has 1 heterocycles. The smallest absolute Gasteiger partial charge is 0.256 e. The van der Waals surface area contributed by atoms with Crippen molar-refractivity contribution in [2.24, 2.45) is 0 Å². The number of hydrogen-bond donors (Lipinski definition) is 0. The number of aromatic nitrogens is 1. The topological polar surface area (TPSA) is 33.2 Å². The van der Waals surface area contributed by atoms with Gasteiger partial charge in [0.2, 0.25) is 0 Å². The summed E-state index contributed by atoms with van der Waals surface area (Å²) in [5.41, 5.74) is 0.197. The molecule has 0 saturated heterocycles. The summed E-state index contributed by atoms with van der Waals surface area (Å²) in [6, 6.07) is 1.13. The van der Waals surface area contributed by atoms with E-state index in [2.05, 4.69) is 10.9 Å². The molecule has 0 aliphatic heterocycles. The lowest BCUT2D eigenvalue weighted by Gasteiger charge is -2.13. The summed E-state index contributed by atoms with van der Waals surface area (Å²) in [4.78, 5) is 16.4. The largest absolute Gasteiger partial charge is 0.331 e. The Morgan fingerprint density at radius 1 is 1.71 bits per heavy atom. The Bertz CT molecular complexity index is 384. The number of hydrogen-bond acceptors (Lipinski definition) is 2. The molecule has 3 nitrogen and oxygen atoms in total. The fourth-order valence-electron chi connectivity index (χ4n) is 0.958. The van der Waals surface area contributed by atoms with Crippen molar-refractivity contribution in [2.45, 2.75) is 0 Å². The first-order valence-electron chi connectivity index (χ1n) is 3.94. The summed E-state index contributed by atoms with van der Waals surface area (Å²) >= 11 is 0. The molecule has 1 amide bonds. The highest BCUT2D eigenvalue weighted by Crippen LogP contribution is 2.03. The highest BCUT2D eigenvalue weighted by atomic mass is 19.1. The van der Waals surface area contributed by atoms with Crippen molar-refractivity contribution in [3.05, 3.63) is 29.8 Å². The summed E-state index contributed by atoms with van der Waals surface area (Å²) in [5, 5.41) is 0. The molecule has 1 aromatic rings. The Morgan fingerprint density at radius 3 is 3.00 bits per heavy atom. The number of halogens is 1. The molecular formula is C10H9FN2O. The zero-order valence-corrected chi connectivity index (χ0v) is 7.70. The minimum Gasteiger partial charge on any atom is -0.331 e. The zero-order chi connectivity index (χ0) is 10.6. The number of carbonyl (C=O) groups is 1. The van der Waals surface area contributed by atoms with E-state index < -0.39 is 5.82 Å². The van der Waals surface area contributed by atoms with Crippen LogP contribution in [0.1, 0.15) is 10.4 Å². The van der Waals surface area contributed by atoms with Gasteiger partial charge in [0.15, 0.2) is 0 Å². The Hall–Kier alpha value is -1.89. The van der Waals surface area contributed by atoms with Gasteiger partial charge < -0.3 is 4.90 Å². The molecule has 0 atom stereocenters. The highest BCUT2D eigenvalue weighted by molar-refractivity contribution is 5.93. The minimum absolute atomic E-state index is 0.190. The Labute approximate surface area is 81.6 Å². The minimum atomic E-state index is -0.537. The standard InChI is InChI=1S/C10H9FN2O/c1-3-4-13(2)10(14)8-5-9(11)7-12-6-8/h1,5-7H,4H2,2H3. The van der Waals surface area contributed by atoms with Crippen LogP contribution in [0, 0.1) is 18.2 Å². The van der Waals surface area contributed by atoms with E-state index in [1.165, 1.54) is 11.1 Å². The molecule has 0 unspecified atom stereocenters. The van der Waals surface area contributed by atoms with E-state index in [0.717, 1.165) is 12.3 Å². The SMILES string of the molecule is C#CCN(C)C(=O)c1cncc(F)c1. The van der Waals surface area contributed by atoms with Gasteiger partial charge in [0.25, 0.3) is 5.91 Å². The maximum atomic E-state index is 12.7. The van der Waals surface area contributed by atoms with Gasteiger partial charge >= 0.3 is 0 Å². The molecule has 14 heavy (non-hydrogen) atoms. The van der Waals surface area contributed by atoms with Crippen LogP contribution in [0.25, 0.3) is 0 Å². The first-order valence-corrected chi connectivity index (χ1v) is 3.94. The highest BCUT2D eigenvalue weighted by Gasteiger charge is 2.11. The zero-order valence-electron chi connectivity index (χ0n) is 7.70. The summed E-state index contributed by atoms with van der Waals surface area (Å²) in [5.74, 6) is 1.45. The maximum absolute atomic E-state index is 12.7. The van der Waals surface area contributed by atoms with Crippen molar-refractivity contribution in [3.63, 3.8) is 0 Å². The van der Waals surface area contributed by atoms with Crippen LogP contribution < -0.4 is 0 Å². The van der Waals surface area contributed by atoms with Crippen LogP contribution in [-0.2, 0) is 0 Å². The second kappa shape index (κ2) is 4.38. The molecule has 0 bridgehead atoms. The van der Waals surface area contributed by atoms with E-state index in [1.807, 2.05) is 0 Å². The van der Waals surface area contributed by atoms with Crippen LogP contribution in [0.15, 0.2) is 18.5 Å². The van der Waals surface area contributed by atoms with Gasteiger partial charge in [0.05, 0.1) is 18.3 Å². The molecular weight excluding hydrogens is 183 g/mol. The molecule has 0 aromatic carbocycles. The molecule has 0 radical (unpaired) electrons. The van der Waals surface area contributed by atoms with Gasteiger partial charge in [-0.3, -0.25) is 9.78 Å². The first kappa shape index (κ1) is 10.2. The monoisotopic (exact) mass is 192 g/mol. The second-order valence-corrected chi connectivity index (χ2v) is 2.76. The van der Waals surface area contributed by atoms with Gasteiger partial charge in [-0.2, -0.15) is 0 Å². The lowest BCUT2D eigenvalue weighted by Crippen LogP contribution is -2.27. The molecule has 0 aliphatic rings. The molecule has 0 saturated carbocycles. The van der Waals surface area contributed by atoms with Crippen LogP contribution in [0.5, 0.6) is 0 Å². The third-order valence-electron chi connectivity index (χ3n) is 1.63. The molecule has 0 spiro atoms. The molecule has 72 valence electrons. The van der Waals surface area contributed by atoms with E-state index in [4.69, 9.17) is 6.42 Å². The van der Waals surface area contributed by atoms with E-state index >= 15 is 0 Å². The van der Waals surface area contributed by atoms with Gasteiger partial charge in [0.1, 0.15) is 5.82 Å². The fourth-order valence-corrected chi connectivity index (χ4v) is 0.958. The second-order valence-electron chi connectivity index (χ2n) is 2.76. The van der Waals surface area contributed by atoms with Crippen molar-refractivity contribution in [1.29, 1.82) is 0 Å². The van der Waals surface area contributed by atoms with Gasteiger partial charge in [0, 0.05) is 13.2 Å². The third kappa shape index (κ3) is 2.30. The molecule has 0 aliphatic carbocycles. The average Bonchev–Trinajstić information content (AvgIpc) is 2.17. The molecule has 0 fully saturated rings. The normalized spacial score (nSPS) is 9.21. The first-order chi connectivity index (χ1) is 6.65. The number of amides is 1. The Morgan fingerprint density at radius 2 is 2.43 bits per heavy atom. The molecule has 4 heteroatoms. The average molecular weight is 192 g/mol. The van der Waals surface area contributed by atoms with E-state index in [0.29, 0.717) is 0 Å². The van der Waals surface area contributed by atoms with Crippen LogP contribution in [0.4, 0.5) is 4.39 Å².